The molecular formula is C10H19OP. The van der Waals surface area contributed by atoms with E-state index in [0.717, 1.165) is 6.16 Å². The third-order valence-corrected chi connectivity index (χ3v) is 7.86. The van der Waals surface area contributed by atoms with Gasteiger partial charge in [0.25, 0.3) is 0 Å². The van der Waals surface area contributed by atoms with Gasteiger partial charge in [-0.15, -0.1) is 0 Å². The Kier molecular flexibility index (Phi) is 4.64. The first-order chi connectivity index (χ1) is 5.51. The first kappa shape index (κ1) is 11.8. The Labute approximate surface area is 75.8 Å². The van der Waals surface area contributed by atoms with Crippen LogP contribution in [0.15, 0.2) is 0 Å². The van der Waals surface area contributed by atoms with Crippen LogP contribution in [0.3, 0.4) is 0 Å². The summed E-state index contributed by atoms with van der Waals surface area (Å²) < 4.78 is 0. The molecule has 1 nitrogen and oxygen atoms in total. The second kappa shape index (κ2) is 4.73. The molecule has 2 heteroatoms. The Morgan fingerprint density at radius 1 is 1.17 bits per heavy atom. The largest absolute Gasteiger partial charge is 0.224 e. The second-order valence-electron chi connectivity index (χ2n) is 3.65. The summed E-state index contributed by atoms with van der Waals surface area (Å²) in [6, 6.07) is 0. The van der Waals surface area contributed by atoms with Gasteiger partial charge in [0.05, 0.1) is 0 Å². The highest BCUT2D eigenvalue weighted by Crippen LogP contribution is 2.54. The first-order valence-electron chi connectivity index (χ1n) is 4.53. The summed E-state index contributed by atoms with van der Waals surface area (Å²) in [4.78, 5) is 10.4. The van der Waals surface area contributed by atoms with E-state index in [2.05, 4.69) is 40.1 Å². The lowest BCUT2D eigenvalue weighted by atomic mass is 10.5. The topological polar surface area (TPSA) is 17.1 Å². The smallest absolute Gasteiger partial charge is 0.176 e. The van der Waals surface area contributed by atoms with Crippen LogP contribution in [0.1, 0.15) is 34.6 Å². The van der Waals surface area contributed by atoms with E-state index >= 15 is 0 Å². The highest BCUT2D eigenvalue weighted by Gasteiger charge is 2.23. The average Bonchev–Trinajstić information content (AvgIpc) is 1.98. The number of carbonyl (C=O) groups excluding carboxylic acids is 1. The minimum absolute atomic E-state index is 0.559. The predicted octanol–water partition coefficient (Wildman–Crippen LogP) is 2.63. The maximum Gasteiger partial charge on any atom is 0.176 e. The maximum atomic E-state index is 10.4. The summed E-state index contributed by atoms with van der Waals surface area (Å²) in [6.45, 7) is 9.58. The summed E-state index contributed by atoms with van der Waals surface area (Å²) in [5.74, 6) is 1.87. The van der Waals surface area contributed by atoms with E-state index in [-0.39, 0.29) is 0 Å². The zero-order chi connectivity index (χ0) is 9.78. The van der Waals surface area contributed by atoms with E-state index in [0.29, 0.717) is 11.3 Å². The Bertz CT molecular complexity index is 229. The van der Waals surface area contributed by atoms with E-state index in [9.17, 15) is 4.79 Å². The molecule has 0 atom stereocenters. The van der Waals surface area contributed by atoms with E-state index in [1.165, 1.54) is 0 Å². The Morgan fingerprint density at radius 2 is 1.58 bits per heavy atom. The van der Waals surface area contributed by atoms with Crippen molar-refractivity contribution in [3.63, 3.8) is 0 Å². The van der Waals surface area contributed by atoms with Crippen LogP contribution in [0.4, 0.5) is 0 Å². The monoisotopic (exact) mass is 186 g/mol. The van der Waals surface area contributed by atoms with Crippen molar-refractivity contribution in [3.05, 3.63) is 0 Å². The van der Waals surface area contributed by atoms with E-state index < -0.39 is 6.89 Å². The fraction of sp³-hybridized carbons (Fsp3) is 0.800. The van der Waals surface area contributed by atoms with Crippen LogP contribution in [-0.4, -0.2) is 28.9 Å². The molecule has 0 bridgehead atoms. The molecule has 0 saturated carbocycles. The molecule has 0 fully saturated rings. The van der Waals surface area contributed by atoms with Crippen LogP contribution >= 0.6 is 6.89 Å². The zero-order valence-electron chi connectivity index (χ0n) is 8.72. The van der Waals surface area contributed by atoms with Crippen molar-refractivity contribution in [2.75, 3.05) is 6.16 Å². The number of hydrogen-bond acceptors (Lipinski definition) is 1. The molecule has 0 aliphatic rings. The third-order valence-electron chi connectivity index (χ3n) is 2.62. The highest BCUT2D eigenvalue weighted by atomic mass is 31.2. The molecule has 0 N–H and O–H groups in total. The third kappa shape index (κ3) is 2.14. The van der Waals surface area contributed by atoms with Gasteiger partial charge in [0.1, 0.15) is 0 Å². The molecule has 0 rings (SSSR count). The van der Waals surface area contributed by atoms with Gasteiger partial charge in [-0.25, -0.2) is 4.79 Å². The fourth-order valence-corrected chi connectivity index (χ4v) is 5.25. The van der Waals surface area contributed by atoms with Crippen LogP contribution in [0.25, 0.3) is 0 Å². The number of rotatable bonds is 3. The van der Waals surface area contributed by atoms with Crippen molar-refractivity contribution in [2.24, 2.45) is 0 Å². The van der Waals surface area contributed by atoms with E-state index in [1.807, 2.05) is 5.94 Å². The molecule has 0 amide bonds. The van der Waals surface area contributed by atoms with Crippen molar-refractivity contribution < 1.29 is 4.79 Å². The summed E-state index contributed by atoms with van der Waals surface area (Å²) in [7, 11) is 0. The minimum Gasteiger partial charge on any atom is -0.224 e. The van der Waals surface area contributed by atoms with Gasteiger partial charge in [-0.1, -0.05) is 34.6 Å². The van der Waals surface area contributed by atoms with Crippen molar-refractivity contribution in [1.82, 2.24) is 0 Å². The van der Waals surface area contributed by atoms with Crippen LogP contribution in [0.5, 0.6) is 0 Å². The van der Waals surface area contributed by atoms with Crippen LogP contribution < -0.4 is 0 Å². The van der Waals surface area contributed by atoms with Gasteiger partial charge >= 0.3 is 0 Å². The molecule has 0 saturated heterocycles. The Morgan fingerprint density at radius 3 is 1.67 bits per heavy atom. The number of hydrogen-bond donors (Lipinski definition) is 0. The molecule has 70 valence electrons. The first-order valence-corrected chi connectivity index (χ1v) is 6.64. The highest BCUT2D eigenvalue weighted by molar-refractivity contribution is 7.76. The molecule has 0 aliphatic heterocycles. The van der Waals surface area contributed by atoms with E-state index in [1.54, 1.807) is 0 Å². The molecule has 0 heterocycles. The van der Waals surface area contributed by atoms with Crippen LogP contribution in [0, 0.1) is 0 Å². The van der Waals surface area contributed by atoms with Crippen LogP contribution in [0.2, 0.25) is 0 Å². The maximum absolute atomic E-state index is 10.4. The van der Waals surface area contributed by atoms with Crippen molar-refractivity contribution in [3.8, 4) is 0 Å². The molecule has 0 aromatic carbocycles. The molecule has 12 heavy (non-hydrogen) atoms. The minimum atomic E-state index is -1.29. The summed E-state index contributed by atoms with van der Waals surface area (Å²) in [5, 5.41) is 0. The van der Waals surface area contributed by atoms with Gasteiger partial charge in [0.15, 0.2) is 5.94 Å². The summed E-state index contributed by atoms with van der Waals surface area (Å²) in [6.07, 6.45) is 1.07. The molecule has 0 spiro atoms. The van der Waals surface area contributed by atoms with E-state index in [4.69, 9.17) is 0 Å². The van der Waals surface area contributed by atoms with Gasteiger partial charge in [-0.2, -0.15) is 0 Å². The Hall–Kier alpha value is -0.210. The van der Waals surface area contributed by atoms with Gasteiger partial charge in [-0.05, 0) is 29.8 Å². The summed E-state index contributed by atoms with van der Waals surface area (Å²) >= 11 is 0. The van der Waals surface area contributed by atoms with Crippen LogP contribution in [-0.2, 0) is 4.79 Å². The van der Waals surface area contributed by atoms with Crippen molar-refractivity contribution in [1.29, 1.82) is 0 Å². The van der Waals surface area contributed by atoms with Gasteiger partial charge in [0, 0.05) is 0 Å². The SMILES string of the molecule is CCP(=C=C=O)(C(C)C)C(C)C. The van der Waals surface area contributed by atoms with Crippen molar-refractivity contribution in [2.45, 2.75) is 45.9 Å². The molecule has 0 aromatic heterocycles. The normalized spacial score (nSPS) is 11.6. The predicted molar refractivity (Wildman–Crippen MR) is 58.4 cm³/mol. The Balaban J connectivity index is 5.37. The lowest BCUT2D eigenvalue weighted by Gasteiger charge is -2.29. The standard InChI is InChI=1S/C10H19OP/c1-6-12(8-7-11,9(2)3)10(4)5/h9-10H,6H2,1-5H3. The van der Waals surface area contributed by atoms with Crippen molar-refractivity contribution >= 4 is 18.3 Å². The van der Waals surface area contributed by atoms with Gasteiger partial charge in [-0.3, -0.25) is 0 Å². The second-order valence-corrected chi connectivity index (χ2v) is 8.43. The molecule has 0 radical (unpaired) electrons. The molecule has 0 aliphatic carbocycles. The zero-order valence-corrected chi connectivity index (χ0v) is 9.61. The lowest BCUT2D eigenvalue weighted by molar-refractivity contribution is 0.571. The fourth-order valence-electron chi connectivity index (χ4n) is 1.75. The summed E-state index contributed by atoms with van der Waals surface area (Å²) in [5.41, 5.74) is 4.07. The lowest BCUT2D eigenvalue weighted by Crippen LogP contribution is -2.11. The van der Waals surface area contributed by atoms with Gasteiger partial charge in [0.2, 0.25) is 0 Å². The quantitative estimate of drug-likeness (QED) is 0.489. The molecule has 0 aromatic rings. The molecular weight excluding hydrogens is 167 g/mol. The molecule has 0 unspecified atom stereocenters. The van der Waals surface area contributed by atoms with Gasteiger partial charge < -0.3 is 0 Å². The average molecular weight is 186 g/mol.